The molecule has 4 nitrogen and oxygen atoms in total. The summed E-state index contributed by atoms with van der Waals surface area (Å²) < 4.78 is 5.62. The molecule has 6 heteroatoms. The molecule has 1 N–H and O–H groups in total. The monoisotopic (exact) mass is 350 g/mol. The number of nitrogens with zero attached hydrogens (tertiary/aromatic N) is 1. The molecule has 0 aliphatic heterocycles. The number of hydrogen-bond acceptors (Lipinski definition) is 3. The van der Waals surface area contributed by atoms with Gasteiger partial charge in [-0.2, -0.15) is 5.10 Å². The van der Waals surface area contributed by atoms with Crippen LogP contribution >= 0.6 is 23.2 Å². The number of ether oxygens (including phenoxy) is 1. The molecule has 23 heavy (non-hydrogen) atoms. The van der Waals surface area contributed by atoms with E-state index in [2.05, 4.69) is 10.5 Å². The van der Waals surface area contributed by atoms with Crippen molar-refractivity contribution in [3.8, 4) is 5.75 Å². The first-order valence-electron chi connectivity index (χ1n) is 6.97. The van der Waals surface area contributed by atoms with Crippen LogP contribution in [-0.2, 0) is 4.79 Å². The maximum atomic E-state index is 12.0. The van der Waals surface area contributed by atoms with Crippen molar-refractivity contribution in [2.75, 3.05) is 0 Å². The first-order valence-corrected chi connectivity index (χ1v) is 7.73. The zero-order valence-electron chi connectivity index (χ0n) is 12.7. The normalized spacial score (nSPS) is 12.2. The molecule has 0 heterocycles. The number of hydrazone groups is 1. The average molecular weight is 351 g/mol. The van der Waals surface area contributed by atoms with Gasteiger partial charge in [0.05, 0.1) is 6.21 Å². The maximum absolute atomic E-state index is 12.0. The molecular weight excluding hydrogens is 335 g/mol. The number of carbonyl (C=O) groups is 1. The number of carbonyl (C=O) groups excluding carboxylic acids is 1. The highest BCUT2D eigenvalue weighted by Gasteiger charge is 2.15. The smallest absolute Gasteiger partial charge is 0.280 e. The minimum absolute atomic E-state index is 0.359. The van der Waals surface area contributed by atoms with Crippen LogP contribution in [0.5, 0.6) is 5.75 Å². The molecule has 0 fully saturated rings. The fraction of sp³-hybridized carbons (Fsp3) is 0.176. The number of halogens is 2. The summed E-state index contributed by atoms with van der Waals surface area (Å²) in [6.45, 7) is 3.51. The van der Waals surface area contributed by atoms with Crippen molar-refractivity contribution in [1.82, 2.24) is 5.43 Å². The summed E-state index contributed by atoms with van der Waals surface area (Å²) in [5.41, 5.74) is 4.01. The molecule has 0 aromatic heterocycles. The molecule has 0 aliphatic carbocycles. The lowest BCUT2D eigenvalue weighted by Crippen LogP contribution is -2.33. The summed E-state index contributed by atoms with van der Waals surface area (Å²) in [5, 5.41) is 5.07. The van der Waals surface area contributed by atoms with Gasteiger partial charge in [0.25, 0.3) is 5.91 Å². The molecule has 0 bridgehead atoms. The number of hydrogen-bond donors (Lipinski definition) is 1. The van der Waals surface area contributed by atoms with E-state index in [1.54, 1.807) is 37.3 Å². The van der Waals surface area contributed by atoms with Crippen LogP contribution in [0.4, 0.5) is 0 Å². The Morgan fingerprint density at radius 3 is 2.70 bits per heavy atom. The van der Waals surface area contributed by atoms with Crippen molar-refractivity contribution in [2.45, 2.75) is 20.0 Å². The molecule has 1 amide bonds. The number of amides is 1. The molecule has 0 radical (unpaired) electrons. The molecule has 2 rings (SSSR count). The Balaban J connectivity index is 1.94. The fourth-order valence-corrected chi connectivity index (χ4v) is 2.24. The highest BCUT2D eigenvalue weighted by Crippen LogP contribution is 2.22. The topological polar surface area (TPSA) is 50.7 Å². The van der Waals surface area contributed by atoms with Crippen LogP contribution in [0.1, 0.15) is 18.1 Å². The molecule has 0 saturated heterocycles. The zero-order chi connectivity index (χ0) is 16.8. The van der Waals surface area contributed by atoms with Crippen LogP contribution in [0.3, 0.4) is 0 Å². The maximum Gasteiger partial charge on any atom is 0.280 e. The predicted octanol–water partition coefficient (Wildman–Crippen LogP) is 4.22. The van der Waals surface area contributed by atoms with E-state index in [4.69, 9.17) is 27.9 Å². The van der Waals surface area contributed by atoms with E-state index in [1.807, 2.05) is 19.1 Å². The number of aryl methyl sites for hydroxylation is 1. The molecule has 0 aliphatic rings. The van der Waals surface area contributed by atoms with E-state index in [9.17, 15) is 4.79 Å². The number of benzene rings is 2. The minimum Gasteiger partial charge on any atom is -0.481 e. The summed E-state index contributed by atoms with van der Waals surface area (Å²) in [4.78, 5) is 12.0. The summed E-state index contributed by atoms with van der Waals surface area (Å²) in [7, 11) is 0. The first kappa shape index (κ1) is 17.3. The average Bonchev–Trinajstić information content (AvgIpc) is 2.51. The Labute approximate surface area is 145 Å². The molecule has 0 spiro atoms. The molecule has 1 atom stereocenters. The van der Waals surface area contributed by atoms with E-state index in [1.165, 1.54) is 6.21 Å². The van der Waals surface area contributed by atoms with Crippen LogP contribution in [-0.4, -0.2) is 18.2 Å². The summed E-state index contributed by atoms with van der Waals surface area (Å²) >= 11 is 11.9. The second-order valence-corrected chi connectivity index (χ2v) is 5.77. The van der Waals surface area contributed by atoms with E-state index >= 15 is 0 Å². The van der Waals surface area contributed by atoms with Crippen LogP contribution in [0.15, 0.2) is 47.6 Å². The van der Waals surface area contributed by atoms with Crippen LogP contribution in [0.25, 0.3) is 0 Å². The third-order valence-corrected chi connectivity index (χ3v) is 3.67. The Hall–Kier alpha value is -2.04. The molecular formula is C17H16Cl2N2O2. The van der Waals surface area contributed by atoms with Gasteiger partial charge in [-0.15, -0.1) is 0 Å². The predicted molar refractivity (Wildman–Crippen MR) is 93.5 cm³/mol. The summed E-state index contributed by atoms with van der Waals surface area (Å²) in [5.74, 6) is 0.245. The van der Waals surface area contributed by atoms with Crippen LogP contribution in [0.2, 0.25) is 10.0 Å². The van der Waals surface area contributed by atoms with Gasteiger partial charge in [-0.05, 0) is 43.7 Å². The first-order chi connectivity index (χ1) is 11.0. The summed E-state index contributed by atoms with van der Waals surface area (Å²) in [6, 6.07) is 12.4. The third kappa shape index (κ3) is 4.98. The highest BCUT2D eigenvalue weighted by atomic mass is 35.5. The number of nitrogens with one attached hydrogen (secondary N) is 1. The highest BCUT2D eigenvalue weighted by molar-refractivity contribution is 6.33. The lowest BCUT2D eigenvalue weighted by atomic mass is 10.2. The molecule has 120 valence electrons. The second-order valence-electron chi connectivity index (χ2n) is 4.93. The van der Waals surface area contributed by atoms with E-state index < -0.39 is 6.10 Å². The minimum atomic E-state index is -0.696. The van der Waals surface area contributed by atoms with Crippen molar-refractivity contribution in [2.24, 2.45) is 5.10 Å². The quantitative estimate of drug-likeness (QED) is 0.648. The van der Waals surface area contributed by atoms with E-state index in [-0.39, 0.29) is 5.91 Å². The van der Waals surface area contributed by atoms with Gasteiger partial charge >= 0.3 is 0 Å². The third-order valence-electron chi connectivity index (χ3n) is 3.09. The molecule has 2 aromatic carbocycles. The van der Waals surface area contributed by atoms with Crippen molar-refractivity contribution in [3.63, 3.8) is 0 Å². The van der Waals surface area contributed by atoms with Gasteiger partial charge in [-0.3, -0.25) is 4.79 Å². The summed E-state index contributed by atoms with van der Waals surface area (Å²) in [6.07, 6.45) is 0.791. The van der Waals surface area contributed by atoms with E-state index in [0.717, 1.165) is 11.1 Å². The van der Waals surface area contributed by atoms with Crippen molar-refractivity contribution in [1.29, 1.82) is 0 Å². The Morgan fingerprint density at radius 1 is 1.26 bits per heavy atom. The van der Waals surface area contributed by atoms with Gasteiger partial charge < -0.3 is 4.74 Å². The Morgan fingerprint density at radius 2 is 2.00 bits per heavy atom. The fourth-order valence-electron chi connectivity index (χ4n) is 1.83. The molecule has 2 aromatic rings. The second kappa shape index (κ2) is 7.99. The van der Waals surface area contributed by atoms with Gasteiger partial charge in [0.15, 0.2) is 6.10 Å². The van der Waals surface area contributed by atoms with Gasteiger partial charge in [0.1, 0.15) is 5.75 Å². The largest absolute Gasteiger partial charge is 0.481 e. The van der Waals surface area contributed by atoms with E-state index in [0.29, 0.717) is 15.8 Å². The Bertz CT molecular complexity index is 732. The van der Waals surface area contributed by atoms with Gasteiger partial charge in [-0.25, -0.2) is 5.43 Å². The number of rotatable bonds is 5. The van der Waals surface area contributed by atoms with Crippen LogP contribution < -0.4 is 10.2 Å². The van der Waals surface area contributed by atoms with Crippen molar-refractivity contribution < 1.29 is 9.53 Å². The van der Waals surface area contributed by atoms with Crippen molar-refractivity contribution in [3.05, 3.63) is 63.6 Å². The molecule has 0 saturated carbocycles. The van der Waals surface area contributed by atoms with Gasteiger partial charge in [-0.1, -0.05) is 41.4 Å². The lowest BCUT2D eigenvalue weighted by Gasteiger charge is -2.14. The zero-order valence-corrected chi connectivity index (χ0v) is 14.2. The SMILES string of the molecule is Cc1cc(Cl)ccc1OC(C)C(=O)N/N=C/c1ccccc1Cl. The Kier molecular flexibility index (Phi) is 6.02. The standard InChI is InChI=1S/C17H16Cl2N2O2/c1-11-9-14(18)7-8-16(11)23-12(2)17(22)21-20-10-13-5-3-4-6-15(13)19/h3-10,12H,1-2H3,(H,21,22)/b20-10+. The van der Waals surface area contributed by atoms with Crippen molar-refractivity contribution >= 4 is 35.3 Å². The van der Waals surface area contributed by atoms with Gasteiger partial charge in [0.2, 0.25) is 0 Å². The lowest BCUT2D eigenvalue weighted by molar-refractivity contribution is -0.127. The van der Waals surface area contributed by atoms with Gasteiger partial charge in [0, 0.05) is 15.6 Å². The molecule has 1 unspecified atom stereocenters. The van der Waals surface area contributed by atoms with Crippen LogP contribution in [0, 0.1) is 6.92 Å².